The average molecular weight is 121 g/mol. The second kappa shape index (κ2) is 3.80. The highest BCUT2D eigenvalue weighted by Gasteiger charge is 1.87. The molecule has 0 bridgehead atoms. The summed E-state index contributed by atoms with van der Waals surface area (Å²) in [5.74, 6) is 0.770. The predicted molar refractivity (Wildman–Crippen MR) is 29.3 cm³/mol. The molecule has 0 unspecified atom stereocenters. The molecule has 3 nitrogen and oxygen atoms in total. The van der Waals surface area contributed by atoms with Crippen LogP contribution in [0.1, 0.15) is 6.92 Å². The van der Waals surface area contributed by atoms with Crippen LogP contribution in [0.5, 0.6) is 0 Å². The standard InChI is InChI=1S/C3H7NO2S/c1-2-7-4-3(5)6/h4H,2H2,1H3,(H,5,6). The van der Waals surface area contributed by atoms with Crippen LogP contribution in [-0.2, 0) is 0 Å². The van der Waals surface area contributed by atoms with E-state index in [-0.39, 0.29) is 0 Å². The van der Waals surface area contributed by atoms with Gasteiger partial charge in [-0.3, -0.25) is 4.72 Å². The molecule has 4 heteroatoms. The molecule has 0 fully saturated rings. The molecule has 7 heavy (non-hydrogen) atoms. The molecule has 0 spiro atoms. The van der Waals surface area contributed by atoms with E-state index in [1.165, 1.54) is 11.9 Å². The lowest BCUT2D eigenvalue weighted by molar-refractivity contribution is 0.202. The highest BCUT2D eigenvalue weighted by atomic mass is 32.2. The summed E-state index contributed by atoms with van der Waals surface area (Å²) in [6.45, 7) is 1.88. The van der Waals surface area contributed by atoms with Crippen molar-refractivity contribution in [1.82, 2.24) is 4.72 Å². The SMILES string of the molecule is CCSNC(=O)O. The first-order valence-electron chi connectivity index (χ1n) is 1.88. The molecule has 0 aliphatic rings. The first-order chi connectivity index (χ1) is 3.27. The van der Waals surface area contributed by atoms with Gasteiger partial charge in [-0.1, -0.05) is 6.92 Å². The van der Waals surface area contributed by atoms with E-state index < -0.39 is 6.09 Å². The third-order valence-electron chi connectivity index (χ3n) is 0.304. The molecule has 0 atom stereocenters. The molecule has 1 amide bonds. The minimum Gasteiger partial charge on any atom is -0.464 e. The molecule has 0 aromatic heterocycles. The lowest BCUT2D eigenvalue weighted by atomic mass is 11.0. The summed E-state index contributed by atoms with van der Waals surface area (Å²) in [7, 11) is 0. The van der Waals surface area contributed by atoms with E-state index >= 15 is 0 Å². The molecule has 0 aromatic carbocycles. The van der Waals surface area contributed by atoms with Crippen molar-refractivity contribution in [3.63, 3.8) is 0 Å². The molecule has 0 rings (SSSR count). The molecule has 0 aliphatic heterocycles. The van der Waals surface area contributed by atoms with Crippen molar-refractivity contribution in [3.05, 3.63) is 0 Å². The summed E-state index contributed by atoms with van der Waals surface area (Å²) in [6.07, 6.45) is -0.980. The van der Waals surface area contributed by atoms with Crippen molar-refractivity contribution in [2.45, 2.75) is 6.92 Å². The van der Waals surface area contributed by atoms with Crippen LogP contribution in [-0.4, -0.2) is 17.0 Å². The van der Waals surface area contributed by atoms with E-state index in [9.17, 15) is 4.79 Å². The normalized spacial score (nSPS) is 8.14. The molecular weight excluding hydrogens is 114 g/mol. The Balaban J connectivity index is 2.82. The molecule has 2 N–H and O–H groups in total. The Bertz CT molecular complexity index is 66.0. The monoisotopic (exact) mass is 121 g/mol. The van der Waals surface area contributed by atoms with Gasteiger partial charge in [0, 0.05) is 5.75 Å². The quantitative estimate of drug-likeness (QED) is 0.534. The predicted octanol–water partition coefficient (Wildman–Crippen LogP) is 0.922. The van der Waals surface area contributed by atoms with Gasteiger partial charge in [0.2, 0.25) is 0 Å². The summed E-state index contributed by atoms with van der Waals surface area (Å²) in [6, 6.07) is 0. The molecule has 0 saturated carbocycles. The number of carbonyl (C=O) groups is 1. The molecule has 0 radical (unpaired) electrons. The zero-order valence-corrected chi connectivity index (χ0v) is 4.79. The van der Waals surface area contributed by atoms with E-state index in [1.807, 2.05) is 6.92 Å². The number of hydrogen-bond acceptors (Lipinski definition) is 2. The van der Waals surface area contributed by atoms with Crippen molar-refractivity contribution in [3.8, 4) is 0 Å². The number of amides is 1. The highest BCUT2D eigenvalue weighted by molar-refractivity contribution is 7.97. The van der Waals surface area contributed by atoms with E-state index in [0.717, 1.165) is 5.75 Å². The molecule has 42 valence electrons. The van der Waals surface area contributed by atoms with E-state index in [4.69, 9.17) is 5.11 Å². The lowest BCUT2D eigenvalue weighted by Gasteiger charge is -1.90. The van der Waals surface area contributed by atoms with Crippen LogP contribution in [0.4, 0.5) is 4.79 Å². The molecule has 0 aromatic rings. The topological polar surface area (TPSA) is 49.3 Å². The Morgan fingerprint density at radius 3 is 2.71 bits per heavy atom. The van der Waals surface area contributed by atoms with Gasteiger partial charge in [-0.2, -0.15) is 0 Å². The molecule has 0 heterocycles. The summed E-state index contributed by atoms with van der Waals surface area (Å²) in [5.41, 5.74) is 0. The first-order valence-corrected chi connectivity index (χ1v) is 2.86. The van der Waals surface area contributed by atoms with Gasteiger partial charge >= 0.3 is 6.09 Å². The van der Waals surface area contributed by atoms with E-state index in [0.29, 0.717) is 0 Å². The summed E-state index contributed by atoms with van der Waals surface area (Å²) >= 11 is 1.17. The van der Waals surface area contributed by atoms with Crippen molar-refractivity contribution in [2.24, 2.45) is 0 Å². The second-order valence-corrected chi connectivity index (χ2v) is 1.91. The Morgan fingerprint density at radius 1 is 2.00 bits per heavy atom. The van der Waals surface area contributed by atoms with Crippen LogP contribution in [0.15, 0.2) is 0 Å². The Morgan fingerprint density at radius 2 is 2.57 bits per heavy atom. The van der Waals surface area contributed by atoms with Gasteiger partial charge < -0.3 is 5.11 Å². The van der Waals surface area contributed by atoms with Crippen molar-refractivity contribution in [1.29, 1.82) is 0 Å². The van der Waals surface area contributed by atoms with Crippen molar-refractivity contribution < 1.29 is 9.90 Å². The first kappa shape index (κ1) is 6.62. The zero-order chi connectivity index (χ0) is 5.70. The van der Waals surface area contributed by atoms with Gasteiger partial charge in [0.25, 0.3) is 0 Å². The van der Waals surface area contributed by atoms with Crippen molar-refractivity contribution >= 4 is 18.0 Å². The number of rotatable bonds is 2. The average Bonchev–Trinajstić information content (AvgIpc) is 1.61. The third kappa shape index (κ3) is 5.62. The number of nitrogens with one attached hydrogen (secondary N) is 1. The summed E-state index contributed by atoms with van der Waals surface area (Å²) < 4.78 is 2.13. The largest absolute Gasteiger partial charge is 0.464 e. The smallest absolute Gasteiger partial charge is 0.414 e. The highest BCUT2D eigenvalue weighted by Crippen LogP contribution is 1.87. The van der Waals surface area contributed by atoms with Crippen LogP contribution >= 0.6 is 11.9 Å². The maximum Gasteiger partial charge on any atom is 0.414 e. The van der Waals surface area contributed by atoms with Crippen LogP contribution in [0.2, 0.25) is 0 Å². The van der Waals surface area contributed by atoms with Gasteiger partial charge in [-0.15, -0.1) is 0 Å². The minimum atomic E-state index is -0.980. The van der Waals surface area contributed by atoms with Crippen LogP contribution in [0, 0.1) is 0 Å². The second-order valence-electron chi connectivity index (χ2n) is 0.840. The van der Waals surface area contributed by atoms with Crippen LogP contribution < -0.4 is 4.72 Å². The Labute approximate surface area is 46.2 Å². The van der Waals surface area contributed by atoms with Crippen LogP contribution in [0.25, 0.3) is 0 Å². The lowest BCUT2D eigenvalue weighted by Crippen LogP contribution is -2.11. The van der Waals surface area contributed by atoms with Gasteiger partial charge in [0.1, 0.15) is 0 Å². The maximum absolute atomic E-state index is 9.63. The molecule has 0 saturated heterocycles. The number of hydrogen-bond donors (Lipinski definition) is 2. The van der Waals surface area contributed by atoms with Gasteiger partial charge in [-0.05, 0) is 11.9 Å². The zero-order valence-electron chi connectivity index (χ0n) is 3.97. The van der Waals surface area contributed by atoms with Crippen molar-refractivity contribution in [2.75, 3.05) is 5.75 Å². The fraction of sp³-hybridized carbons (Fsp3) is 0.667. The van der Waals surface area contributed by atoms with Gasteiger partial charge in [0.05, 0.1) is 0 Å². The van der Waals surface area contributed by atoms with E-state index in [1.54, 1.807) is 0 Å². The van der Waals surface area contributed by atoms with E-state index in [2.05, 4.69) is 4.72 Å². The summed E-state index contributed by atoms with van der Waals surface area (Å²) in [4.78, 5) is 9.63. The fourth-order valence-electron chi connectivity index (χ4n) is 0.134. The minimum absolute atomic E-state index is 0.770. The fourth-order valence-corrected chi connectivity index (χ4v) is 0.402. The Hall–Kier alpha value is -0.380. The molecule has 0 aliphatic carbocycles. The number of carboxylic acid groups (broad SMARTS) is 1. The Kier molecular flexibility index (Phi) is 3.59. The van der Waals surface area contributed by atoms with Gasteiger partial charge in [-0.25, -0.2) is 4.79 Å². The van der Waals surface area contributed by atoms with Crippen LogP contribution in [0.3, 0.4) is 0 Å². The third-order valence-corrected chi connectivity index (χ3v) is 0.911. The molecular formula is C3H7NO2S. The summed E-state index contributed by atoms with van der Waals surface area (Å²) in [5, 5.41) is 7.91. The van der Waals surface area contributed by atoms with Gasteiger partial charge in [0.15, 0.2) is 0 Å². The maximum atomic E-state index is 9.63.